The lowest BCUT2D eigenvalue weighted by Crippen LogP contribution is -2.26. The largest absolute Gasteiger partial charge is 0.325 e. The molecule has 1 fully saturated rings. The Balaban J connectivity index is 1.81. The molecule has 0 saturated heterocycles. The van der Waals surface area contributed by atoms with E-state index in [-0.39, 0.29) is 5.54 Å². The zero-order valence-corrected chi connectivity index (χ0v) is 8.11. The molecular formula is C10H17N3. The molecular weight excluding hydrogens is 162 g/mol. The standard InChI is InChI=1S/C10H17N3/c1-2-9-8-10(9,11)4-7-13-6-3-5-12-13/h3,5-6,9H,2,4,7-8,11H2,1H3. The molecule has 2 N–H and O–H groups in total. The molecule has 1 aromatic heterocycles. The van der Waals surface area contributed by atoms with Crippen molar-refractivity contribution in [3.8, 4) is 0 Å². The number of nitrogens with zero attached hydrogens (tertiary/aromatic N) is 2. The van der Waals surface area contributed by atoms with E-state index in [0.29, 0.717) is 0 Å². The van der Waals surface area contributed by atoms with Crippen molar-refractivity contribution in [2.24, 2.45) is 11.7 Å². The summed E-state index contributed by atoms with van der Waals surface area (Å²) in [6.45, 7) is 3.17. The quantitative estimate of drug-likeness (QED) is 0.759. The molecule has 2 unspecified atom stereocenters. The minimum atomic E-state index is 0.126. The third kappa shape index (κ3) is 1.75. The van der Waals surface area contributed by atoms with Crippen LogP contribution in [0.15, 0.2) is 18.5 Å². The average Bonchev–Trinajstić information content (AvgIpc) is 2.60. The zero-order chi connectivity index (χ0) is 9.31. The van der Waals surface area contributed by atoms with Gasteiger partial charge in [0.25, 0.3) is 0 Å². The van der Waals surface area contributed by atoms with Crippen LogP contribution in [0.25, 0.3) is 0 Å². The van der Waals surface area contributed by atoms with Crippen molar-refractivity contribution < 1.29 is 0 Å². The van der Waals surface area contributed by atoms with E-state index < -0.39 is 0 Å². The van der Waals surface area contributed by atoms with Crippen LogP contribution in [0.2, 0.25) is 0 Å². The number of aromatic nitrogens is 2. The first-order valence-electron chi connectivity index (χ1n) is 5.01. The van der Waals surface area contributed by atoms with Gasteiger partial charge >= 0.3 is 0 Å². The molecule has 72 valence electrons. The molecule has 1 aromatic rings. The minimum Gasteiger partial charge on any atom is -0.325 e. The van der Waals surface area contributed by atoms with Crippen molar-refractivity contribution in [2.75, 3.05) is 0 Å². The lowest BCUT2D eigenvalue weighted by Gasteiger charge is -2.10. The van der Waals surface area contributed by atoms with Crippen LogP contribution in [0.5, 0.6) is 0 Å². The maximum absolute atomic E-state index is 6.18. The van der Waals surface area contributed by atoms with Gasteiger partial charge in [0.2, 0.25) is 0 Å². The number of rotatable bonds is 4. The Morgan fingerprint density at radius 1 is 1.69 bits per heavy atom. The highest BCUT2D eigenvalue weighted by atomic mass is 15.3. The molecule has 1 aliphatic carbocycles. The van der Waals surface area contributed by atoms with Crippen LogP contribution in [0.3, 0.4) is 0 Å². The van der Waals surface area contributed by atoms with Gasteiger partial charge in [-0.2, -0.15) is 5.10 Å². The van der Waals surface area contributed by atoms with E-state index in [2.05, 4.69) is 12.0 Å². The summed E-state index contributed by atoms with van der Waals surface area (Å²) < 4.78 is 1.96. The van der Waals surface area contributed by atoms with Crippen molar-refractivity contribution >= 4 is 0 Å². The van der Waals surface area contributed by atoms with E-state index in [0.717, 1.165) is 18.9 Å². The molecule has 0 aromatic carbocycles. The highest BCUT2D eigenvalue weighted by Crippen LogP contribution is 2.46. The monoisotopic (exact) mass is 179 g/mol. The normalized spacial score (nSPS) is 32.0. The van der Waals surface area contributed by atoms with Gasteiger partial charge in [-0.15, -0.1) is 0 Å². The van der Waals surface area contributed by atoms with E-state index in [4.69, 9.17) is 5.73 Å². The van der Waals surface area contributed by atoms with Crippen LogP contribution in [-0.4, -0.2) is 15.3 Å². The number of hydrogen-bond acceptors (Lipinski definition) is 2. The molecule has 0 bridgehead atoms. The van der Waals surface area contributed by atoms with Crippen molar-refractivity contribution in [3.05, 3.63) is 18.5 Å². The van der Waals surface area contributed by atoms with Gasteiger partial charge in [0.15, 0.2) is 0 Å². The lowest BCUT2D eigenvalue weighted by atomic mass is 10.1. The topological polar surface area (TPSA) is 43.8 Å². The Bertz CT molecular complexity index is 268. The van der Waals surface area contributed by atoms with Gasteiger partial charge in [-0.25, -0.2) is 0 Å². The summed E-state index contributed by atoms with van der Waals surface area (Å²) in [7, 11) is 0. The molecule has 2 atom stereocenters. The smallest absolute Gasteiger partial charge is 0.0489 e. The average molecular weight is 179 g/mol. The van der Waals surface area contributed by atoms with Crippen LogP contribution >= 0.6 is 0 Å². The van der Waals surface area contributed by atoms with Gasteiger partial charge in [-0.1, -0.05) is 13.3 Å². The maximum Gasteiger partial charge on any atom is 0.0489 e. The summed E-state index contributed by atoms with van der Waals surface area (Å²) in [4.78, 5) is 0. The predicted octanol–water partition coefficient (Wildman–Crippen LogP) is 1.40. The molecule has 0 spiro atoms. The van der Waals surface area contributed by atoms with Crippen LogP contribution in [0, 0.1) is 5.92 Å². The second-order valence-electron chi connectivity index (χ2n) is 4.06. The Labute approximate surface area is 78.9 Å². The molecule has 2 rings (SSSR count). The van der Waals surface area contributed by atoms with Crippen LogP contribution in [-0.2, 0) is 6.54 Å². The zero-order valence-electron chi connectivity index (χ0n) is 8.11. The summed E-state index contributed by atoms with van der Waals surface area (Å²) in [6.07, 6.45) is 7.29. The van der Waals surface area contributed by atoms with E-state index in [1.54, 1.807) is 0 Å². The number of aryl methyl sites for hydroxylation is 1. The Morgan fingerprint density at radius 3 is 3.08 bits per heavy atom. The molecule has 1 heterocycles. The summed E-state index contributed by atoms with van der Waals surface area (Å²) in [5, 5.41) is 4.16. The SMILES string of the molecule is CCC1CC1(N)CCn1cccn1. The molecule has 0 amide bonds. The van der Waals surface area contributed by atoms with E-state index in [1.807, 2.05) is 23.1 Å². The first-order valence-corrected chi connectivity index (χ1v) is 5.01. The predicted molar refractivity (Wildman–Crippen MR) is 52.2 cm³/mol. The highest BCUT2D eigenvalue weighted by Gasteiger charge is 2.48. The second-order valence-corrected chi connectivity index (χ2v) is 4.06. The fraction of sp³-hybridized carbons (Fsp3) is 0.700. The molecule has 0 radical (unpaired) electrons. The van der Waals surface area contributed by atoms with Crippen molar-refractivity contribution in [2.45, 2.75) is 38.3 Å². The minimum absolute atomic E-state index is 0.126. The van der Waals surface area contributed by atoms with Gasteiger partial charge in [0.1, 0.15) is 0 Å². The lowest BCUT2D eigenvalue weighted by molar-refractivity contribution is 0.468. The molecule has 0 aliphatic heterocycles. The first-order chi connectivity index (χ1) is 6.24. The second kappa shape index (κ2) is 3.14. The fourth-order valence-electron chi connectivity index (χ4n) is 2.01. The fourth-order valence-corrected chi connectivity index (χ4v) is 2.01. The number of hydrogen-bond donors (Lipinski definition) is 1. The Hall–Kier alpha value is -0.830. The van der Waals surface area contributed by atoms with Crippen molar-refractivity contribution in [3.63, 3.8) is 0 Å². The molecule has 1 aliphatic rings. The van der Waals surface area contributed by atoms with Gasteiger partial charge in [0, 0.05) is 24.5 Å². The first kappa shape index (κ1) is 8.75. The van der Waals surface area contributed by atoms with Gasteiger partial charge in [0.05, 0.1) is 0 Å². The van der Waals surface area contributed by atoms with E-state index >= 15 is 0 Å². The summed E-state index contributed by atoms with van der Waals surface area (Å²) in [5.41, 5.74) is 6.30. The molecule has 13 heavy (non-hydrogen) atoms. The van der Waals surface area contributed by atoms with E-state index in [1.165, 1.54) is 12.8 Å². The molecule has 3 nitrogen and oxygen atoms in total. The third-order valence-electron chi connectivity index (χ3n) is 3.14. The van der Waals surface area contributed by atoms with E-state index in [9.17, 15) is 0 Å². The summed E-state index contributed by atoms with van der Waals surface area (Å²) >= 11 is 0. The Kier molecular flexibility index (Phi) is 2.12. The third-order valence-corrected chi connectivity index (χ3v) is 3.14. The van der Waals surface area contributed by atoms with Crippen LogP contribution < -0.4 is 5.73 Å². The van der Waals surface area contributed by atoms with Crippen LogP contribution in [0.1, 0.15) is 26.2 Å². The van der Waals surface area contributed by atoms with Crippen molar-refractivity contribution in [1.82, 2.24) is 9.78 Å². The Morgan fingerprint density at radius 2 is 2.54 bits per heavy atom. The highest BCUT2D eigenvalue weighted by molar-refractivity contribution is 5.06. The molecule has 1 saturated carbocycles. The summed E-state index contributed by atoms with van der Waals surface area (Å²) in [5.74, 6) is 0.753. The van der Waals surface area contributed by atoms with Gasteiger partial charge in [-0.05, 0) is 24.8 Å². The van der Waals surface area contributed by atoms with Crippen LogP contribution in [0.4, 0.5) is 0 Å². The summed E-state index contributed by atoms with van der Waals surface area (Å²) in [6, 6.07) is 1.95. The van der Waals surface area contributed by atoms with Gasteiger partial charge < -0.3 is 5.73 Å². The number of nitrogens with two attached hydrogens (primary N) is 1. The van der Waals surface area contributed by atoms with Crippen molar-refractivity contribution in [1.29, 1.82) is 0 Å². The maximum atomic E-state index is 6.18. The van der Waals surface area contributed by atoms with Gasteiger partial charge in [-0.3, -0.25) is 4.68 Å². The molecule has 3 heteroatoms.